The average Bonchev–Trinajstić information content (AvgIpc) is 2.90. The molecule has 2 amide bonds. The van der Waals surface area contributed by atoms with E-state index >= 15 is 0 Å². The summed E-state index contributed by atoms with van der Waals surface area (Å²) in [7, 11) is 1.62. The van der Waals surface area contributed by atoms with E-state index in [1.807, 2.05) is 0 Å². The van der Waals surface area contributed by atoms with Crippen LogP contribution in [0.3, 0.4) is 0 Å². The Morgan fingerprint density at radius 2 is 2.14 bits per heavy atom. The Bertz CT molecular complexity index is 544. The molecule has 5 heteroatoms. The van der Waals surface area contributed by atoms with Gasteiger partial charge in [-0.2, -0.15) is 0 Å². The molecule has 0 saturated carbocycles. The van der Waals surface area contributed by atoms with Crippen molar-refractivity contribution in [2.24, 2.45) is 5.92 Å². The lowest BCUT2D eigenvalue weighted by molar-refractivity contribution is -0.141. The number of aliphatic carboxylic acids is 1. The standard InChI is InChI=1S/C17H24N2O3/c1-12(16(20)21)11-19(2)17(22)18-10-9-14-8-7-13-5-3-4-6-15(13)14/h3-6,12,14H,7-11H2,1-2H3,(H,18,22)(H,20,21). The van der Waals surface area contributed by atoms with Crippen LogP contribution in [-0.4, -0.2) is 42.1 Å². The van der Waals surface area contributed by atoms with Gasteiger partial charge < -0.3 is 15.3 Å². The summed E-state index contributed by atoms with van der Waals surface area (Å²) in [5.74, 6) is -0.931. The molecule has 1 aliphatic rings. The molecule has 0 saturated heterocycles. The monoisotopic (exact) mass is 304 g/mol. The molecule has 5 nitrogen and oxygen atoms in total. The fourth-order valence-corrected chi connectivity index (χ4v) is 3.01. The molecule has 0 aliphatic heterocycles. The summed E-state index contributed by atoms with van der Waals surface area (Å²) in [5.41, 5.74) is 2.83. The van der Waals surface area contributed by atoms with Crippen molar-refractivity contribution >= 4 is 12.0 Å². The number of carbonyl (C=O) groups excluding carboxylic acids is 1. The highest BCUT2D eigenvalue weighted by Gasteiger charge is 2.22. The summed E-state index contributed by atoms with van der Waals surface area (Å²) in [5, 5.41) is 11.7. The third-order valence-electron chi connectivity index (χ3n) is 4.34. The number of carboxylic acid groups (broad SMARTS) is 1. The van der Waals surface area contributed by atoms with Crippen LogP contribution in [0.4, 0.5) is 4.79 Å². The molecule has 120 valence electrons. The number of rotatable bonds is 6. The van der Waals surface area contributed by atoms with E-state index in [4.69, 9.17) is 5.11 Å². The van der Waals surface area contributed by atoms with Crippen LogP contribution in [0, 0.1) is 5.92 Å². The molecule has 2 unspecified atom stereocenters. The third kappa shape index (κ3) is 4.00. The summed E-state index contributed by atoms with van der Waals surface area (Å²) < 4.78 is 0. The summed E-state index contributed by atoms with van der Waals surface area (Å²) in [6.07, 6.45) is 3.18. The number of nitrogens with one attached hydrogen (secondary N) is 1. The number of urea groups is 1. The molecular weight excluding hydrogens is 280 g/mol. The van der Waals surface area contributed by atoms with E-state index in [0.717, 1.165) is 19.3 Å². The minimum atomic E-state index is -0.887. The number of fused-ring (bicyclic) bond motifs is 1. The van der Waals surface area contributed by atoms with Crippen molar-refractivity contribution < 1.29 is 14.7 Å². The van der Waals surface area contributed by atoms with E-state index in [1.165, 1.54) is 16.0 Å². The number of carbonyl (C=O) groups is 2. The van der Waals surface area contributed by atoms with Gasteiger partial charge in [0.1, 0.15) is 0 Å². The molecule has 1 aromatic carbocycles. The van der Waals surface area contributed by atoms with E-state index in [9.17, 15) is 9.59 Å². The number of aryl methyl sites for hydroxylation is 1. The maximum atomic E-state index is 11.9. The van der Waals surface area contributed by atoms with Crippen LogP contribution in [0.2, 0.25) is 0 Å². The normalized spacial score (nSPS) is 17.6. The summed E-state index contributed by atoms with van der Waals surface area (Å²) in [6.45, 7) is 2.43. The molecule has 22 heavy (non-hydrogen) atoms. The number of benzene rings is 1. The number of hydrogen-bond acceptors (Lipinski definition) is 2. The van der Waals surface area contributed by atoms with Gasteiger partial charge in [-0.25, -0.2) is 4.79 Å². The third-order valence-corrected chi connectivity index (χ3v) is 4.34. The lowest BCUT2D eigenvalue weighted by Gasteiger charge is -2.20. The predicted molar refractivity (Wildman–Crippen MR) is 84.9 cm³/mol. The highest BCUT2D eigenvalue weighted by Crippen LogP contribution is 2.34. The Kier molecular flexibility index (Phi) is 5.41. The van der Waals surface area contributed by atoms with Crippen LogP contribution in [-0.2, 0) is 11.2 Å². The quantitative estimate of drug-likeness (QED) is 0.848. The maximum Gasteiger partial charge on any atom is 0.317 e. The van der Waals surface area contributed by atoms with E-state index in [2.05, 4.69) is 29.6 Å². The van der Waals surface area contributed by atoms with Crippen molar-refractivity contribution in [1.82, 2.24) is 10.2 Å². The Balaban J connectivity index is 1.75. The Hall–Kier alpha value is -2.04. The molecule has 0 bridgehead atoms. The second-order valence-electron chi connectivity index (χ2n) is 6.07. The summed E-state index contributed by atoms with van der Waals surface area (Å²) in [6, 6.07) is 8.28. The smallest absolute Gasteiger partial charge is 0.317 e. The van der Waals surface area contributed by atoms with Gasteiger partial charge in [-0.3, -0.25) is 4.79 Å². The minimum absolute atomic E-state index is 0.209. The number of amides is 2. The maximum absolute atomic E-state index is 11.9. The molecule has 0 radical (unpaired) electrons. The molecule has 2 rings (SSSR count). The Morgan fingerprint density at radius 1 is 1.41 bits per heavy atom. The first-order valence-electron chi connectivity index (χ1n) is 7.78. The summed E-state index contributed by atoms with van der Waals surface area (Å²) >= 11 is 0. The van der Waals surface area contributed by atoms with Crippen molar-refractivity contribution in [3.8, 4) is 0 Å². The van der Waals surface area contributed by atoms with Crippen LogP contribution < -0.4 is 5.32 Å². The van der Waals surface area contributed by atoms with Gasteiger partial charge in [-0.05, 0) is 36.3 Å². The zero-order valence-corrected chi connectivity index (χ0v) is 13.2. The van der Waals surface area contributed by atoms with Crippen LogP contribution in [0.15, 0.2) is 24.3 Å². The van der Waals surface area contributed by atoms with Crippen LogP contribution in [0.25, 0.3) is 0 Å². The molecule has 0 aromatic heterocycles. The lowest BCUT2D eigenvalue weighted by Crippen LogP contribution is -2.41. The minimum Gasteiger partial charge on any atom is -0.481 e. The number of nitrogens with zero attached hydrogens (tertiary/aromatic N) is 1. The van der Waals surface area contributed by atoms with Gasteiger partial charge in [0.2, 0.25) is 0 Å². The summed E-state index contributed by atoms with van der Waals surface area (Å²) in [4.78, 5) is 24.2. The zero-order valence-electron chi connectivity index (χ0n) is 13.2. The van der Waals surface area contributed by atoms with Crippen LogP contribution >= 0.6 is 0 Å². The Morgan fingerprint density at radius 3 is 2.86 bits per heavy atom. The van der Waals surface area contributed by atoms with Crippen LogP contribution in [0.1, 0.15) is 36.8 Å². The molecule has 1 aliphatic carbocycles. The first-order chi connectivity index (χ1) is 10.5. The molecular formula is C17H24N2O3. The van der Waals surface area contributed by atoms with Crippen molar-refractivity contribution in [3.05, 3.63) is 35.4 Å². The molecule has 0 heterocycles. The van der Waals surface area contributed by atoms with Crippen LogP contribution in [0.5, 0.6) is 0 Å². The molecule has 1 aromatic rings. The average molecular weight is 304 g/mol. The number of hydrogen-bond donors (Lipinski definition) is 2. The van der Waals surface area contributed by atoms with E-state index < -0.39 is 11.9 Å². The predicted octanol–water partition coefficient (Wildman–Crippen LogP) is 2.47. The molecule has 2 atom stereocenters. The van der Waals surface area contributed by atoms with Crippen molar-refractivity contribution in [2.45, 2.75) is 32.1 Å². The first kappa shape index (κ1) is 16.3. The number of carboxylic acids is 1. The fourth-order valence-electron chi connectivity index (χ4n) is 3.01. The lowest BCUT2D eigenvalue weighted by atomic mass is 9.98. The molecule has 0 fully saturated rings. The molecule has 0 spiro atoms. The highest BCUT2D eigenvalue weighted by molar-refractivity contribution is 5.75. The van der Waals surface area contributed by atoms with E-state index in [1.54, 1.807) is 14.0 Å². The van der Waals surface area contributed by atoms with Gasteiger partial charge in [0, 0.05) is 20.1 Å². The molecule has 2 N–H and O–H groups in total. The van der Waals surface area contributed by atoms with Gasteiger partial charge >= 0.3 is 12.0 Å². The van der Waals surface area contributed by atoms with Crippen molar-refractivity contribution in [3.63, 3.8) is 0 Å². The largest absolute Gasteiger partial charge is 0.481 e. The second-order valence-corrected chi connectivity index (χ2v) is 6.07. The van der Waals surface area contributed by atoms with Gasteiger partial charge in [0.05, 0.1) is 5.92 Å². The Labute approximate surface area is 131 Å². The SMILES string of the molecule is CC(CN(C)C(=O)NCCC1CCc2ccccc21)C(=O)O. The van der Waals surface area contributed by atoms with E-state index in [-0.39, 0.29) is 12.6 Å². The van der Waals surface area contributed by atoms with Gasteiger partial charge in [-0.1, -0.05) is 31.2 Å². The topological polar surface area (TPSA) is 69.6 Å². The van der Waals surface area contributed by atoms with Gasteiger partial charge in [-0.15, -0.1) is 0 Å². The van der Waals surface area contributed by atoms with E-state index in [0.29, 0.717) is 12.5 Å². The van der Waals surface area contributed by atoms with Crippen molar-refractivity contribution in [1.29, 1.82) is 0 Å². The second kappa shape index (κ2) is 7.29. The van der Waals surface area contributed by atoms with Gasteiger partial charge in [0.25, 0.3) is 0 Å². The highest BCUT2D eigenvalue weighted by atomic mass is 16.4. The zero-order chi connectivity index (χ0) is 16.1. The first-order valence-corrected chi connectivity index (χ1v) is 7.78. The fraction of sp³-hybridized carbons (Fsp3) is 0.529. The van der Waals surface area contributed by atoms with Gasteiger partial charge in [0.15, 0.2) is 0 Å². The van der Waals surface area contributed by atoms with Crippen molar-refractivity contribution in [2.75, 3.05) is 20.1 Å².